The van der Waals surface area contributed by atoms with Gasteiger partial charge in [0.05, 0.1) is 33.7 Å². The minimum absolute atomic E-state index is 0.0282. The van der Waals surface area contributed by atoms with Gasteiger partial charge in [-0.3, -0.25) is 9.52 Å². The Morgan fingerprint density at radius 1 is 1.04 bits per heavy atom. The molecule has 10 nitrogen and oxygen atoms in total. The average molecular weight is 696 g/mol. The number of para-hydroxylation sites is 1. The van der Waals surface area contributed by atoms with Gasteiger partial charge in [-0.05, 0) is 79.2 Å². The predicted octanol–water partition coefficient (Wildman–Crippen LogP) is 7.50. The Labute approximate surface area is 276 Å². The Morgan fingerprint density at radius 3 is 2.56 bits per heavy atom. The number of ether oxygens (including phenoxy) is 2. The third kappa shape index (κ3) is 6.66. The summed E-state index contributed by atoms with van der Waals surface area (Å²) in [6, 6.07) is 20.6. The van der Waals surface area contributed by atoms with Gasteiger partial charge in [0.25, 0.3) is 16.4 Å². The number of H-pyrrole nitrogens is 1. The van der Waals surface area contributed by atoms with Gasteiger partial charge in [0.1, 0.15) is 23.9 Å². The van der Waals surface area contributed by atoms with Crippen LogP contribution in [0, 0.1) is 12.7 Å². The van der Waals surface area contributed by atoms with Gasteiger partial charge < -0.3 is 20.2 Å². The zero-order valence-corrected chi connectivity index (χ0v) is 26.5. The van der Waals surface area contributed by atoms with Crippen LogP contribution in [0.4, 0.5) is 24.7 Å². The van der Waals surface area contributed by atoms with Crippen molar-refractivity contribution in [2.45, 2.75) is 18.2 Å². The first-order chi connectivity index (χ1) is 22.9. The number of carbonyl (C=O) groups excluding carboxylic acids is 1. The number of sulfonamides is 1. The normalized spacial score (nSPS) is 11.6. The number of halogens is 4. The molecule has 0 amide bonds. The monoisotopic (exact) mass is 695 g/mol. The Hall–Kier alpha value is -5.47. The number of nitrogens with zero attached hydrogens (tertiary/aromatic N) is 2. The van der Waals surface area contributed by atoms with Gasteiger partial charge >= 0.3 is 0 Å². The van der Waals surface area contributed by atoms with E-state index in [4.69, 9.17) is 26.8 Å². The summed E-state index contributed by atoms with van der Waals surface area (Å²) in [6.07, 6.45) is -1.53. The molecular weight excluding hydrogens is 671 g/mol. The van der Waals surface area contributed by atoms with Crippen molar-refractivity contribution < 1.29 is 35.9 Å². The van der Waals surface area contributed by atoms with E-state index in [9.17, 15) is 26.4 Å². The molecule has 0 aliphatic heterocycles. The highest BCUT2D eigenvalue weighted by Gasteiger charge is 2.23. The molecule has 2 heterocycles. The largest absolute Gasteiger partial charge is 0.485 e. The lowest BCUT2D eigenvalue weighted by Crippen LogP contribution is -2.15. The van der Waals surface area contributed by atoms with E-state index in [2.05, 4.69) is 14.8 Å². The quantitative estimate of drug-likeness (QED) is 0.119. The van der Waals surface area contributed by atoms with Gasteiger partial charge in [0.2, 0.25) is 5.78 Å². The third-order valence-electron chi connectivity index (χ3n) is 7.19. The van der Waals surface area contributed by atoms with Crippen molar-refractivity contribution in [3.05, 3.63) is 119 Å². The number of aromatic nitrogens is 3. The number of anilines is 2. The molecule has 0 spiro atoms. The summed E-state index contributed by atoms with van der Waals surface area (Å²) in [5, 5.41) is 4.85. The first kappa shape index (κ1) is 32.5. The van der Waals surface area contributed by atoms with Crippen LogP contribution in [0.3, 0.4) is 0 Å². The van der Waals surface area contributed by atoms with Crippen LogP contribution >= 0.6 is 11.6 Å². The number of nitrogens with two attached hydrogens (primary N) is 1. The lowest BCUT2D eigenvalue weighted by molar-refractivity contribution is 0.0823. The van der Waals surface area contributed by atoms with Crippen molar-refractivity contribution in [1.29, 1.82) is 0 Å². The number of nitrogen functional groups attached to an aromatic ring is 1. The molecule has 6 aromatic rings. The molecule has 0 atom stereocenters. The molecule has 0 bridgehead atoms. The van der Waals surface area contributed by atoms with E-state index < -0.39 is 34.7 Å². The second kappa shape index (κ2) is 13.0. The maximum atomic E-state index is 14.0. The highest BCUT2D eigenvalue weighted by Crippen LogP contribution is 2.34. The first-order valence-corrected chi connectivity index (χ1v) is 16.0. The number of rotatable bonds is 11. The van der Waals surface area contributed by atoms with Gasteiger partial charge in [-0.25, -0.2) is 26.3 Å². The zero-order chi connectivity index (χ0) is 34.2. The molecule has 2 aromatic heterocycles. The molecule has 0 aliphatic rings. The van der Waals surface area contributed by atoms with Gasteiger partial charge in [-0.15, -0.1) is 0 Å². The SMILES string of the molecule is Cc1cc(Oc2ccccc2F)ccc1-n1ncc(C(=O)c2cc3cc(OCC(F)F)c(NS(=O)(=O)c4cccc(Cl)c4)cc3[nH]2)c1N. The van der Waals surface area contributed by atoms with Gasteiger partial charge in [-0.2, -0.15) is 5.10 Å². The summed E-state index contributed by atoms with van der Waals surface area (Å²) in [5.74, 6) is -0.761. The van der Waals surface area contributed by atoms with Crippen LogP contribution in [0.1, 0.15) is 21.6 Å². The number of benzene rings is 4. The molecule has 15 heteroatoms. The topological polar surface area (TPSA) is 141 Å². The van der Waals surface area contributed by atoms with Crippen LogP contribution in [-0.4, -0.2) is 42.0 Å². The second-order valence-electron chi connectivity index (χ2n) is 10.5. The Balaban J connectivity index is 1.29. The molecule has 0 unspecified atom stereocenters. The standard InChI is InChI=1S/C33H25ClF3N5O5S/c1-18-11-21(47-29-8-3-2-7-24(29)35)9-10-28(18)42-33(38)23(16-39-42)32(43)27-12-19-13-30(46-17-31(36)37)26(15-25(19)40-27)41-48(44,45)22-6-4-5-20(34)14-22/h2-16,31,40-41H,17,38H2,1H3. The molecule has 6 rings (SSSR count). The maximum Gasteiger partial charge on any atom is 0.272 e. The van der Waals surface area contributed by atoms with Crippen LogP contribution in [0.2, 0.25) is 5.02 Å². The fourth-order valence-electron chi connectivity index (χ4n) is 4.93. The predicted molar refractivity (Wildman–Crippen MR) is 175 cm³/mol. The molecule has 0 fully saturated rings. The third-order valence-corrected chi connectivity index (χ3v) is 8.79. The molecule has 0 saturated heterocycles. The van der Waals surface area contributed by atoms with Gasteiger partial charge in [-0.1, -0.05) is 29.8 Å². The Bertz CT molecular complexity index is 2290. The van der Waals surface area contributed by atoms with Crippen molar-refractivity contribution in [2.75, 3.05) is 17.1 Å². The summed E-state index contributed by atoms with van der Waals surface area (Å²) in [5.41, 5.74) is 7.88. The highest BCUT2D eigenvalue weighted by atomic mass is 35.5. The van der Waals surface area contributed by atoms with Crippen molar-refractivity contribution in [3.63, 3.8) is 0 Å². The van der Waals surface area contributed by atoms with Crippen molar-refractivity contribution >= 4 is 49.8 Å². The maximum absolute atomic E-state index is 14.0. The molecule has 0 aliphatic carbocycles. The second-order valence-corrected chi connectivity index (χ2v) is 12.7. The van der Waals surface area contributed by atoms with Crippen LogP contribution in [-0.2, 0) is 10.0 Å². The van der Waals surface area contributed by atoms with E-state index in [1.165, 1.54) is 65.5 Å². The highest BCUT2D eigenvalue weighted by molar-refractivity contribution is 7.92. The van der Waals surface area contributed by atoms with Crippen LogP contribution in [0.25, 0.3) is 16.6 Å². The molecule has 48 heavy (non-hydrogen) atoms. The minimum atomic E-state index is -4.21. The molecule has 246 valence electrons. The van der Waals surface area contributed by atoms with E-state index >= 15 is 0 Å². The van der Waals surface area contributed by atoms with Crippen molar-refractivity contribution in [3.8, 4) is 22.9 Å². The first-order valence-electron chi connectivity index (χ1n) is 14.2. The van der Waals surface area contributed by atoms with Crippen LogP contribution in [0.15, 0.2) is 96.0 Å². The van der Waals surface area contributed by atoms with E-state index in [1.54, 1.807) is 37.3 Å². The molecule has 0 radical (unpaired) electrons. The number of alkyl halides is 2. The number of hydrogen-bond donors (Lipinski definition) is 3. The fraction of sp³-hybridized carbons (Fsp3) is 0.0909. The Kier molecular flexibility index (Phi) is 8.77. The lowest BCUT2D eigenvalue weighted by Gasteiger charge is -2.14. The van der Waals surface area contributed by atoms with E-state index in [1.807, 2.05) is 0 Å². The summed E-state index contributed by atoms with van der Waals surface area (Å²) < 4.78 is 80.9. The number of aryl methyl sites for hydroxylation is 1. The number of hydrogen-bond acceptors (Lipinski definition) is 7. The number of nitrogens with one attached hydrogen (secondary N) is 2. The molecular formula is C33H25ClF3N5O5S. The lowest BCUT2D eigenvalue weighted by atomic mass is 10.1. The number of fused-ring (bicyclic) bond motifs is 1. The van der Waals surface area contributed by atoms with E-state index in [0.717, 1.165) is 0 Å². The van der Waals surface area contributed by atoms with E-state index in [0.29, 0.717) is 27.9 Å². The Morgan fingerprint density at radius 2 is 1.83 bits per heavy atom. The molecule has 4 aromatic carbocycles. The zero-order valence-electron chi connectivity index (χ0n) is 24.9. The number of ketones is 1. The minimum Gasteiger partial charge on any atom is -0.485 e. The van der Waals surface area contributed by atoms with E-state index in [-0.39, 0.29) is 44.2 Å². The van der Waals surface area contributed by atoms with Crippen LogP contribution < -0.4 is 19.9 Å². The summed E-state index contributed by atoms with van der Waals surface area (Å²) in [4.78, 5) is 16.4. The summed E-state index contributed by atoms with van der Waals surface area (Å²) >= 11 is 5.96. The van der Waals surface area contributed by atoms with Crippen LogP contribution in [0.5, 0.6) is 17.2 Å². The van der Waals surface area contributed by atoms with Gasteiger partial charge in [0.15, 0.2) is 11.6 Å². The molecule has 0 saturated carbocycles. The summed E-state index contributed by atoms with van der Waals surface area (Å²) in [6.45, 7) is 0.773. The van der Waals surface area contributed by atoms with Crippen molar-refractivity contribution in [2.24, 2.45) is 0 Å². The number of aromatic amines is 1. The van der Waals surface area contributed by atoms with Gasteiger partial charge in [0, 0.05) is 15.9 Å². The average Bonchev–Trinajstić information content (AvgIpc) is 3.63. The molecule has 4 N–H and O–H groups in total. The fourth-order valence-corrected chi connectivity index (χ4v) is 6.29. The smallest absolute Gasteiger partial charge is 0.272 e. The number of carbonyl (C=O) groups is 1. The van der Waals surface area contributed by atoms with Crippen molar-refractivity contribution in [1.82, 2.24) is 14.8 Å². The summed E-state index contributed by atoms with van der Waals surface area (Å²) in [7, 11) is -4.21.